The van der Waals surface area contributed by atoms with E-state index >= 15 is 0 Å². The van der Waals surface area contributed by atoms with E-state index in [1.165, 1.54) is 12.4 Å². The van der Waals surface area contributed by atoms with Gasteiger partial charge in [-0.15, -0.1) is 0 Å². The van der Waals surface area contributed by atoms with Crippen molar-refractivity contribution in [1.29, 1.82) is 5.26 Å². The van der Waals surface area contributed by atoms with Crippen LogP contribution in [0.5, 0.6) is 0 Å². The van der Waals surface area contributed by atoms with Crippen molar-refractivity contribution >= 4 is 5.82 Å². The van der Waals surface area contributed by atoms with Gasteiger partial charge >= 0.3 is 0 Å². The van der Waals surface area contributed by atoms with E-state index < -0.39 is 0 Å². The van der Waals surface area contributed by atoms with Crippen LogP contribution in [-0.4, -0.2) is 31.3 Å². The number of pyridine rings is 2. The van der Waals surface area contributed by atoms with Crippen molar-refractivity contribution < 1.29 is 9.47 Å². The lowest BCUT2D eigenvalue weighted by molar-refractivity contribution is -0.605. The Hall–Kier alpha value is -2.65. The molecule has 1 aliphatic rings. The Kier molecular flexibility index (Phi) is 3.67. The zero-order valence-electron chi connectivity index (χ0n) is 11.4. The third-order valence-corrected chi connectivity index (χ3v) is 3.43. The molecule has 2 aromatic rings. The molecule has 0 N–H and O–H groups in total. The molecule has 0 amide bonds. The van der Waals surface area contributed by atoms with Crippen molar-refractivity contribution in [3.63, 3.8) is 0 Å². The molecule has 1 aliphatic heterocycles. The molecular formula is C15H14N4O2. The molecular weight excluding hydrogens is 268 g/mol. The molecule has 0 atom stereocenters. The average molecular weight is 282 g/mol. The summed E-state index contributed by atoms with van der Waals surface area (Å²) in [5.74, 6) is 0.694. The van der Waals surface area contributed by atoms with E-state index in [1.54, 1.807) is 18.3 Å². The van der Waals surface area contributed by atoms with Gasteiger partial charge in [0.2, 0.25) is 0 Å². The van der Waals surface area contributed by atoms with Crippen LogP contribution in [-0.2, 0) is 4.74 Å². The molecule has 0 unspecified atom stereocenters. The molecule has 0 aliphatic carbocycles. The van der Waals surface area contributed by atoms with Gasteiger partial charge in [0.25, 0.3) is 0 Å². The highest BCUT2D eigenvalue weighted by molar-refractivity contribution is 5.67. The van der Waals surface area contributed by atoms with Gasteiger partial charge in [0.15, 0.2) is 12.4 Å². The van der Waals surface area contributed by atoms with Crippen molar-refractivity contribution in [1.82, 2.24) is 4.98 Å². The molecule has 0 aromatic carbocycles. The molecule has 0 radical (unpaired) electrons. The summed E-state index contributed by atoms with van der Waals surface area (Å²) in [6.45, 7) is 2.78. The van der Waals surface area contributed by atoms with Crippen LogP contribution in [0.4, 0.5) is 5.82 Å². The van der Waals surface area contributed by atoms with Gasteiger partial charge in [-0.05, 0) is 11.6 Å². The first-order valence-corrected chi connectivity index (χ1v) is 6.70. The molecule has 3 heterocycles. The second-order valence-corrected chi connectivity index (χ2v) is 4.75. The molecule has 0 bridgehead atoms. The Morgan fingerprint density at radius 3 is 2.62 bits per heavy atom. The fraction of sp³-hybridized carbons (Fsp3) is 0.267. The third-order valence-electron chi connectivity index (χ3n) is 3.43. The van der Waals surface area contributed by atoms with Crippen LogP contribution in [0.15, 0.2) is 36.8 Å². The lowest BCUT2D eigenvalue weighted by atomic mass is 10.1. The molecule has 106 valence electrons. The molecule has 1 saturated heterocycles. The number of anilines is 1. The lowest BCUT2D eigenvalue weighted by Gasteiger charge is -2.28. The van der Waals surface area contributed by atoms with Crippen LogP contribution in [0.1, 0.15) is 5.56 Å². The zero-order valence-corrected chi connectivity index (χ0v) is 11.4. The number of nitrogens with zero attached hydrogens (tertiary/aromatic N) is 4. The van der Waals surface area contributed by atoms with Crippen molar-refractivity contribution in [3.05, 3.63) is 47.6 Å². The van der Waals surface area contributed by atoms with Gasteiger partial charge in [-0.1, -0.05) is 0 Å². The average Bonchev–Trinajstić information content (AvgIpc) is 2.56. The first-order valence-electron chi connectivity index (χ1n) is 6.70. The minimum atomic E-state index is 0.535. The fourth-order valence-corrected chi connectivity index (χ4v) is 2.33. The van der Waals surface area contributed by atoms with Crippen LogP contribution >= 0.6 is 0 Å². The second-order valence-electron chi connectivity index (χ2n) is 4.75. The second kappa shape index (κ2) is 5.77. The van der Waals surface area contributed by atoms with Gasteiger partial charge in [-0.3, -0.25) is 0 Å². The van der Waals surface area contributed by atoms with Gasteiger partial charge in [0.05, 0.1) is 18.8 Å². The number of nitriles is 1. The number of aromatic nitrogens is 2. The van der Waals surface area contributed by atoms with Crippen LogP contribution < -0.4 is 9.63 Å². The van der Waals surface area contributed by atoms with E-state index in [-0.39, 0.29) is 0 Å². The van der Waals surface area contributed by atoms with Crippen molar-refractivity contribution in [2.75, 3.05) is 31.2 Å². The maximum absolute atomic E-state index is 11.1. The molecule has 0 spiro atoms. The molecule has 2 aromatic heterocycles. The smallest absolute Gasteiger partial charge is 0.180 e. The number of rotatable bonds is 2. The van der Waals surface area contributed by atoms with E-state index in [2.05, 4.69) is 16.0 Å². The molecule has 3 rings (SSSR count). The molecule has 21 heavy (non-hydrogen) atoms. The van der Waals surface area contributed by atoms with Gasteiger partial charge in [0.1, 0.15) is 11.9 Å². The van der Waals surface area contributed by atoms with Crippen molar-refractivity contribution in [3.8, 4) is 17.2 Å². The maximum atomic E-state index is 11.1. The number of morpholine rings is 1. The summed E-state index contributed by atoms with van der Waals surface area (Å²) in [4.78, 5) is 6.49. The quantitative estimate of drug-likeness (QED) is 0.609. The lowest BCUT2D eigenvalue weighted by Crippen LogP contribution is -2.37. The number of hydrogen-bond donors (Lipinski definition) is 0. The summed E-state index contributed by atoms with van der Waals surface area (Å²) in [6.07, 6.45) is 4.59. The van der Waals surface area contributed by atoms with E-state index in [0.717, 1.165) is 28.9 Å². The van der Waals surface area contributed by atoms with Crippen LogP contribution in [0, 0.1) is 16.5 Å². The summed E-state index contributed by atoms with van der Waals surface area (Å²) in [5.41, 5.74) is 2.22. The molecule has 1 fully saturated rings. The van der Waals surface area contributed by atoms with Crippen LogP contribution in [0.2, 0.25) is 0 Å². The van der Waals surface area contributed by atoms with E-state index in [4.69, 9.17) is 4.74 Å². The first-order chi connectivity index (χ1) is 10.3. The SMILES string of the molecule is N#Cc1cc(-c2cc[n+]([O-])cc2)cnc1N1CCOCC1. The highest BCUT2D eigenvalue weighted by Crippen LogP contribution is 2.24. The highest BCUT2D eigenvalue weighted by atomic mass is 16.5. The first kappa shape index (κ1) is 13.3. The van der Waals surface area contributed by atoms with Gasteiger partial charge in [0, 0.05) is 37.0 Å². The molecule has 6 nitrogen and oxygen atoms in total. The van der Waals surface area contributed by atoms with Gasteiger partial charge < -0.3 is 14.8 Å². The van der Waals surface area contributed by atoms with Gasteiger partial charge in [-0.2, -0.15) is 9.99 Å². The Bertz CT molecular complexity index is 673. The Labute approximate surface area is 122 Å². The van der Waals surface area contributed by atoms with E-state index in [0.29, 0.717) is 24.6 Å². The minimum absolute atomic E-state index is 0.535. The van der Waals surface area contributed by atoms with Crippen LogP contribution in [0.3, 0.4) is 0 Å². The molecule has 6 heteroatoms. The summed E-state index contributed by atoms with van der Waals surface area (Å²) < 4.78 is 6.04. The Morgan fingerprint density at radius 2 is 1.95 bits per heavy atom. The van der Waals surface area contributed by atoms with Crippen LogP contribution in [0.25, 0.3) is 11.1 Å². The van der Waals surface area contributed by atoms with Crippen molar-refractivity contribution in [2.45, 2.75) is 0 Å². The predicted molar refractivity (Wildman–Crippen MR) is 76.4 cm³/mol. The Balaban J connectivity index is 1.95. The molecule has 0 saturated carbocycles. The normalized spacial score (nSPS) is 14.7. The summed E-state index contributed by atoms with van der Waals surface area (Å²) >= 11 is 0. The number of hydrogen-bond acceptors (Lipinski definition) is 5. The minimum Gasteiger partial charge on any atom is -0.619 e. The zero-order chi connectivity index (χ0) is 14.7. The summed E-state index contributed by atoms with van der Waals surface area (Å²) in [6, 6.07) is 7.43. The largest absolute Gasteiger partial charge is 0.619 e. The summed E-state index contributed by atoms with van der Waals surface area (Å²) in [5, 5.41) is 20.4. The van der Waals surface area contributed by atoms with E-state index in [9.17, 15) is 10.5 Å². The predicted octanol–water partition coefficient (Wildman–Crippen LogP) is 1.09. The number of ether oxygens (including phenoxy) is 1. The third kappa shape index (κ3) is 2.78. The highest BCUT2D eigenvalue weighted by Gasteiger charge is 2.17. The topological polar surface area (TPSA) is 76.1 Å². The maximum Gasteiger partial charge on any atom is 0.180 e. The standard InChI is InChI=1S/C15H14N4O2/c16-10-13-9-14(12-1-3-19(20)4-2-12)11-17-15(13)18-5-7-21-8-6-18/h1-4,9,11H,5-8H2. The van der Waals surface area contributed by atoms with E-state index in [1.807, 2.05) is 6.07 Å². The van der Waals surface area contributed by atoms with Gasteiger partial charge in [-0.25, -0.2) is 4.98 Å². The van der Waals surface area contributed by atoms with Crippen molar-refractivity contribution in [2.24, 2.45) is 0 Å². The monoisotopic (exact) mass is 282 g/mol. The summed E-state index contributed by atoms with van der Waals surface area (Å²) in [7, 11) is 0. The fourth-order valence-electron chi connectivity index (χ4n) is 2.33. The Morgan fingerprint density at radius 1 is 1.24 bits per heavy atom.